The van der Waals surface area contributed by atoms with E-state index in [1.165, 1.54) is 6.07 Å². The predicted octanol–water partition coefficient (Wildman–Crippen LogP) is 1.02. The van der Waals surface area contributed by atoms with Crippen LogP contribution < -0.4 is 0 Å². The van der Waals surface area contributed by atoms with Crippen LogP contribution in [0.3, 0.4) is 0 Å². The molecule has 0 bridgehead atoms. The van der Waals surface area contributed by atoms with E-state index in [0.717, 1.165) is 17.8 Å². The Morgan fingerprint density at radius 1 is 0.967 bits per heavy atom. The zero-order valence-corrected chi connectivity index (χ0v) is 17.4. The van der Waals surface area contributed by atoms with Crippen LogP contribution in [0.2, 0.25) is 0 Å². The zero-order chi connectivity index (χ0) is 21.1. The van der Waals surface area contributed by atoms with Gasteiger partial charge in [-0.25, -0.2) is 8.42 Å². The Balaban J connectivity index is 1.42. The molecule has 0 unspecified atom stereocenters. The van der Waals surface area contributed by atoms with Crippen LogP contribution in [0.4, 0.5) is 0 Å². The molecule has 30 heavy (non-hydrogen) atoms. The number of rotatable bonds is 5. The van der Waals surface area contributed by atoms with Crippen LogP contribution in [0.25, 0.3) is 5.69 Å². The van der Waals surface area contributed by atoms with Crippen molar-refractivity contribution in [1.82, 2.24) is 30.0 Å². The van der Waals surface area contributed by atoms with E-state index in [4.69, 9.17) is 0 Å². The number of benzene rings is 2. The molecular weight excluding hydrogens is 404 g/mol. The molecule has 0 aliphatic carbocycles. The smallest absolute Gasteiger partial charge is 0.255 e. The molecule has 3 aromatic rings. The lowest BCUT2D eigenvalue weighted by Gasteiger charge is -2.34. The molecule has 9 nitrogen and oxygen atoms in total. The highest BCUT2D eigenvalue weighted by molar-refractivity contribution is 7.90. The summed E-state index contributed by atoms with van der Waals surface area (Å²) in [5, 5.41) is 12.0. The average Bonchev–Trinajstić information content (AvgIpc) is 3.22. The number of aromatic nitrogens is 4. The molecule has 1 aromatic heterocycles. The number of carbonyl (C=O) groups is 1. The summed E-state index contributed by atoms with van der Waals surface area (Å²) in [5.41, 5.74) is 1.12. The second kappa shape index (κ2) is 8.33. The van der Waals surface area contributed by atoms with Gasteiger partial charge in [-0.3, -0.25) is 9.69 Å². The topological polar surface area (TPSA) is 101 Å². The molecule has 4 rings (SSSR count). The van der Waals surface area contributed by atoms with Crippen molar-refractivity contribution in [2.75, 3.05) is 32.4 Å². The van der Waals surface area contributed by atoms with Crippen LogP contribution in [0, 0.1) is 0 Å². The van der Waals surface area contributed by atoms with Gasteiger partial charge in [0, 0.05) is 32.4 Å². The number of hydrogen-bond donors (Lipinski definition) is 0. The Bertz CT molecular complexity index is 1140. The van der Waals surface area contributed by atoms with E-state index in [9.17, 15) is 13.2 Å². The molecule has 0 saturated carbocycles. The molecule has 156 valence electrons. The number of carbonyl (C=O) groups excluding carboxylic acids is 1. The Hall–Kier alpha value is -3.11. The largest absolute Gasteiger partial charge is 0.336 e. The number of para-hydroxylation sites is 1. The number of hydrogen-bond acceptors (Lipinski definition) is 7. The first-order valence-corrected chi connectivity index (χ1v) is 11.5. The van der Waals surface area contributed by atoms with Crippen molar-refractivity contribution >= 4 is 15.7 Å². The summed E-state index contributed by atoms with van der Waals surface area (Å²) >= 11 is 0. The van der Waals surface area contributed by atoms with Gasteiger partial charge in [0.25, 0.3) is 5.91 Å². The summed E-state index contributed by atoms with van der Waals surface area (Å²) in [4.78, 5) is 16.9. The molecule has 2 aromatic carbocycles. The van der Waals surface area contributed by atoms with Crippen molar-refractivity contribution in [3.05, 3.63) is 66.0 Å². The maximum absolute atomic E-state index is 12.9. The summed E-state index contributed by atoms with van der Waals surface area (Å²) in [6, 6.07) is 16.0. The van der Waals surface area contributed by atoms with Crippen molar-refractivity contribution in [3.8, 4) is 5.69 Å². The van der Waals surface area contributed by atoms with Crippen LogP contribution in [0.15, 0.2) is 59.5 Å². The van der Waals surface area contributed by atoms with Crippen molar-refractivity contribution < 1.29 is 13.2 Å². The van der Waals surface area contributed by atoms with Gasteiger partial charge in [0.15, 0.2) is 15.7 Å². The van der Waals surface area contributed by atoms with Crippen molar-refractivity contribution in [1.29, 1.82) is 0 Å². The molecule has 0 spiro atoms. The van der Waals surface area contributed by atoms with E-state index in [1.807, 2.05) is 30.3 Å². The monoisotopic (exact) mass is 426 g/mol. The van der Waals surface area contributed by atoms with Gasteiger partial charge in [0.1, 0.15) is 0 Å². The maximum atomic E-state index is 12.9. The third-order valence-electron chi connectivity index (χ3n) is 5.08. The van der Waals surface area contributed by atoms with Crippen molar-refractivity contribution in [2.45, 2.75) is 11.4 Å². The Labute approximate surface area is 174 Å². The standard InChI is InChI=1S/C20H22N6O3S/c1-30(28,29)18-10-6-5-9-17(18)20(27)25-13-11-24(12-14-25)15-19-21-22-23-26(19)16-7-3-2-4-8-16/h2-10H,11-15H2,1H3. The highest BCUT2D eigenvalue weighted by Gasteiger charge is 2.26. The predicted molar refractivity (Wildman–Crippen MR) is 110 cm³/mol. The summed E-state index contributed by atoms with van der Waals surface area (Å²) in [6.07, 6.45) is 1.12. The van der Waals surface area contributed by atoms with E-state index in [-0.39, 0.29) is 16.4 Å². The van der Waals surface area contributed by atoms with E-state index in [0.29, 0.717) is 32.7 Å². The summed E-state index contributed by atoms with van der Waals surface area (Å²) in [6.45, 7) is 2.86. The first-order chi connectivity index (χ1) is 14.4. The fraction of sp³-hybridized carbons (Fsp3) is 0.300. The highest BCUT2D eigenvalue weighted by atomic mass is 32.2. The van der Waals surface area contributed by atoms with Crippen molar-refractivity contribution in [3.63, 3.8) is 0 Å². The third-order valence-corrected chi connectivity index (χ3v) is 6.23. The van der Waals surface area contributed by atoms with Crippen LogP contribution in [0.5, 0.6) is 0 Å². The number of nitrogens with zero attached hydrogens (tertiary/aromatic N) is 6. The molecule has 0 atom stereocenters. The molecule has 2 heterocycles. The fourth-order valence-electron chi connectivity index (χ4n) is 3.52. The average molecular weight is 427 g/mol. The van der Waals surface area contributed by atoms with Crippen LogP contribution >= 0.6 is 0 Å². The minimum absolute atomic E-state index is 0.0690. The van der Waals surface area contributed by atoms with Crippen LogP contribution in [-0.4, -0.2) is 76.8 Å². The Kier molecular flexibility index (Phi) is 5.60. The van der Waals surface area contributed by atoms with Gasteiger partial charge in [-0.15, -0.1) is 5.10 Å². The SMILES string of the molecule is CS(=O)(=O)c1ccccc1C(=O)N1CCN(Cc2nnnn2-c2ccccc2)CC1. The normalized spacial score (nSPS) is 15.3. The third kappa shape index (κ3) is 4.24. The quantitative estimate of drug-likeness (QED) is 0.600. The first kappa shape index (κ1) is 20.2. The minimum atomic E-state index is -3.48. The summed E-state index contributed by atoms with van der Waals surface area (Å²) < 4.78 is 25.7. The molecule has 1 amide bonds. The molecule has 0 radical (unpaired) electrons. The van der Waals surface area contributed by atoms with Crippen LogP contribution in [-0.2, 0) is 16.4 Å². The number of piperazine rings is 1. The Morgan fingerprint density at radius 2 is 1.63 bits per heavy atom. The van der Waals surface area contributed by atoms with E-state index < -0.39 is 9.84 Å². The lowest BCUT2D eigenvalue weighted by Crippen LogP contribution is -2.48. The second-order valence-electron chi connectivity index (χ2n) is 7.18. The van der Waals surface area contributed by atoms with Gasteiger partial charge in [0.05, 0.1) is 22.7 Å². The van der Waals surface area contributed by atoms with Crippen LogP contribution in [0.1, 0.15) is 16.2 Å². The highest BCUT2D eigenvalue weighted by Crippen LogP contribution is 2.19. The summed E-state index contributed by atoms with van der Waals surface area (Å²) in [7, 11) is -3.48. The molecule has 1 aliphatic heterocycles. The zero-order valence-electron chi connectivity index (χ0n) is 16.5. The van der Waals surface area contributed by atoms with E-state index in [1.54, 1.807) is 27.8 Å². The number of tetrazole rings is 1. The Morgan fingerprint density at radius 3 is 2.33 bits per heavy atom. The second-order valence-corrected chi connectivity index (χ2v) is 9.16. The molecular formula is C20H22N6O3S. The van der Waals surface area contributed by atoms with Gasteiger partial charge in [-0.05, 0) is 34.7 Å². The molecule has 0 N–H and O–H groups in total. The van der Waals surface area contributed by atoms with E-state index in [2.05, 4.69) is 20.4 Å². The summed E-state index contributed by atoms with van der Waals surface area (Å²) in [5.74, 6) is 0.466. The van der Waals surface area contributed by atoms with E-state index >= 15 is 0 Å². The first-order valence-electron chi connectivity index (χ1n) is 9.57. The molecule has 10 heteroatoms. The van der Waals surface area contributed by atoms with Gasteiger partial charge in [-0.2, -0.15) is 4.68 Å². The molecule has 1 saturated heterocycles. The minimum Gasteiger partial charge on any atom is -0.336 e. The number of amides is 1. The van der Waals surface area contributed by atoms with Gasteiger partial charge in [0.2, 0.25) is 0 Å². The lowest BCUT2D eigenvalue weighted by atomic mass is 10.2. The lowest BCUT2D eigenvalue weighted by molar-refractivity contribution is 0.0620. The fourth-order valence-corrected chi connectivity index (χ4v) is 4.40. The number of sulfone groups is 1. The molecule has 1 aliphatic rings. The van der Waals surface area contributed by atoms with Gasteiger partial charge >= 0.3 is 0 Å². The van der Waals surface area contributed by atoms with Gasteiger partial charge < -0.3 is 4.90 Å². The maximum Gasteiger partial charge on any atom is 0.255 e. The van der Waals surface area contributed by atoms with Crippen molar-refractivity contribution in [2.24, 2.45) is 0 Å². The molecule has 1 fully saturated rings. The van der Waals surface area contributed by atoms with Gasteiger partial charge in [-0.1, -0.05) is 30.3 Å².